The highest BCUT2D eigenvalue weighted by Crippen LogP contribution is 2.29. The fraction of sp³-hybridized carbons (Fsp3) is 0.0588. The number of hydrogen-bond donors (Lipinski definition) is 2. The van der Waals surface area contributed by atoms with Gasteiger partial charge in [0, 0.05) is 22.7 Å². The van der Waals surface area contributed by atoms with Crippen LogP contribution in [0.3, 0.4) is 0 Å². The Morgan fingerprint density at radius 1 is 1.09 bits per heavy atom. The fourth-order valence-electron chi connectivity index (χ4n) is 2.63. The van der Waals surface area contributed by atoms with Crippen molar-refractivity contribution < 1.29 is 0 Å². The van der Waals surface area contributed by atoms with Gasteiger partial charge in [0.25, 0.3) is 0 Å². The molecule has 0 aliphatic rings. The number of H-pyrrole nitrogens is 1. The second-order valence-electron chi connectivity index (χ2n) is 5.35. The van der Waals surface area contributed by atoms with Crippen molar-refractivity contribution in [2.75, 3.05) is 5.73 Å². The molecule has 0 spiro atoms. The van der Waals surface area contributed by atoms with E-state index < -0.39 is 0 Å². The van der Waals surface area contributed by atoms with Crippen LogP contribution in [0.5, 0.6) is 0 Å². The maximum absolute atomic E-state index is 6.04. The van der Waals surface area contributed by atoms with Gasteiger partial charge in [0.15, 0.2) is 5.82 Å². The molecule has 112 valence electrons. The quantitative estimate of drug-likeness (QED) is 0.593. The minimum atomic E-state index is 0.401. The summed E-state index contributed by atoms with van der Waals surface area (Å²) in [6, 6.07) is 12.2. The third-order valence-corrected chi connectivity index (χ3v) is 3.74. The second kappa shape index (κ2) is 5.17. The second-order valence-corrected chi connectivity index (χ2v) is 5.35. The van der Waals surface area contributed by atoms with Gasteiger partial charge in [0.2, 0.25) is 0 Å². The number of anilines is 1. The number of aromatic amines is 1. The van der Waals surface area contributed by atoms with E-state index in [0.717, 1.165) is 22.2 Å². The summed E-state index contributed by atoms with van der Waals surface area (Å²) in [5.41, 5.74) is 10.6. The number of nitrogens with one attached hydrogen (secondary N) is 1. The van der Waals surface area contributed by atoms with Gasteiger partial charge in [-0.1, -0.05) is 23.8 Å². The molecule has 0 fully saturated rings. The Kier molecular flexibility index (Phi) is 3.01. The number of rotatable bonds is 2. The van der Waals surface area contributed by atoms with Crippen molar-refractivity contribution in [3.05, 3.63) is 54.5 Å². The smallest absolute Gasteiger partial charge is 0.157 e. The minimum absolute atomic E-state index is 0.401. The van der Waals surface area contributed by atoms with E-state index in [-0.39, 0.29) is 0 Å². The molecule has 6 nitrogen and oxygen atoms in total. The number of nitrogen functional groups attached to an aromatic ring is 1. The van der Waals surface area contributed by atoms with Gasteiger partial charge in [-0.15, -0.1) is 0 Å². The Morgan fingerprint density at radius 2 is 2.00 bits per heavy atom. The van der Waals surface area contributed by atoms with E-state index in [4.69, 9.17) is 10.7 Å². The summed E-state index contributed by atoms with van der Waals surface area (Å²) in [5.74, 6) is 1.05. The third kappa shape index (κ3) is 2.30. The zero-order valence-corrected chi connectivity index (χ0v) is 12.5. The van der Waals surface area contributed by atoms with Crippen LogP contribution in [0.1, 0.15) is 5.56 Å². The van der Waals surface area contributed by atoms with Crippen LogP contribution in [-0.2, 0) is 0 Å². The van der Waals surface area contributed by atoms with Crippen LogP contribution in [-0.4, -0.2) is 25.1 Å². The van der Waals surface area contributed by atoms with E-state index in [9.17, 15) is 0 Å². The lowest BCUT2D eigenvalue weighted by Crippen LogP contribution is -1.97. The van der Waals surface area contributed by atoms with Gasteiger partial charge in [-0.25, -0.2) is 15.0 Å². The molecule has 0 radical (unpaired) electrons. The molecule has 0 aliphatic carbocycles. The number of pyridine rings is 2. The highest BCUT2D eigenvalue weighted by molar-refractivity contribution is 5.98. The van der Waals surface area contributed by atoms with E-state index in [1.165, 1.54) is 11.9 Å². The van der Waals surface area contributed by atoms with Crippen LogP contribution in [0, 0.1) is 6.92 Å². The van der Waals surface area contributed by atoms with Crippen molar-refractivity contribution in [3.8, 4) is 22.6 Å². The SMILES string of the molecule is Cc1cccc(-c2ccc3c(-c4ncn[nH]4)cnc(N)c3n2)c1. The van der Waals surface area contributed by atoms with Gasteiger partial charge in [0.05, 0.1) is 5.69 Å². The van der Waals surface area contributed by atoms with Crippen molar-refractivity contribution >= 4 is 16.7 Å². The first-order chi connectivity index (χ1) is 11.2. The van der Waals surface area contributed by atoms with E-state index >= 15 is 0 Å². The largest absolute Gasteiger partial charge is 0.382 e. The highest BCUT2D eigenvalue weighted by atomic mass is 15.2. The predicted molar refractivity (Wildman–Crippen MR) is 89.5 cm³/mol. The van der Waals surface area contributed by atoms with Gasteiger partial charge in [-0.05, 0) is 25.1 Å². The first-order valence-corrected chi connectivity index (χ1v) is 7.20. The van der Waals surface area contributed by atoms with E-state index in [1.54, 1.807) is 6.20 Å². The topological polar surface area (TPSA) is 93.4 Å². The Bertz CT molecular complexity index is 991. The van der Waals surface area contributed by atoms with Crippen molar-refractivity contribution in [1.82, 2.24) is 25.1 Å². The Hall–Kier alpha value is -3.28. The fourth-order valence-corrected chi connectivity index (χ4v) is 2.63. The molecular formula is C17H14N6. The molecule has 4 aromatic rings. The Balaban J connectivity index is 1.94. The molecule has 0 unspecified atom stereocenters. The number of benzene rings is 1. The van der Waals surface area contributed by atoms with E-state index in [2.05, 4.69) is 39.2 Å². The molecule has 0 aliphatic heterocycles. The van der Waals surface area contributed by atoms with Gasteiger partial charge in [-0.2, -0.15) is 5.10 Å². The van der Waals surface area contributed by atoms with E-state index in [1.807, 2.05) is 24.3 Å². The summed E-state index contributed by atoms with van der Waals surface area (Å²) < 4.78 is 0. The molecule has 3 heterocycles. The van der Waals surface area contributed by atoms with Gasteiger partial charge in [-0.3, -0.25) is 5.10 Å². The average Bonchev–Trinajstić information content (AvgIpc) is 3.09. The molecule has 3 N–H and O–H groups in total. The maximum atomic E-state index is 6.04. The summed E-state index contributed by atoms with van der Waals surface area (Å²) in [7, 11) is 0. The lowest BCUT2D eigenvalue weighted by Gasteiger charge is -2.08. The molecule has 0 saturated heterocycles. The molecule has 6 heteroatoms. The van der Waals surface area contributed by atoms with Crippen LogP contribution in [0.25, 0.3) is 33.5 Å². The summed E-state index contributed by atoms with van der Waals surface area (Å²) in [5, 5.41) is 7.63. The van der Waals surface area contributed by atoms with Gasteiger partial charge in [0.1, 0.15) is 17.7 Å². The van der Waals surface area contributed by atoms with Crippen LogP contribution in [0.15, 0.2) is 48.9 Å². The van der Waals surface area contributed by atoms with Gasteiger partial charge < -0.3 is 5.73 Å². The maximum Gasteiger partial charge on any atom is 0.157 e. The highest BCUT2D eigenvalue weighted by Gasteiger charge is 2.12. The standard InChI is InChI=1S/C17H14N6/c1-10-3-2-4-11(7-10)14-6-5-12-13(17-20-9-21-23-17)8-19-16(18)15(12)22-14/h2-9H,1H3,(H2,18,19)(H,20,21,23). The first-order valence-electron chi connectivity index (χ1n) is 7.20. The predicted octanol–water partition coefficient (Wildman–Crippen LogP) is 2.97. The van der Waals surface area contributed by atoms with Crippen LogP contribution in [0.2, 0.25) is 0 Å². The number of fused-ring (bicyclic) bond motifs is 1. The summed E-state index contributed by atoms with van der Waals surface area (Å²) in [6.45, 7) is 2.06. The number of hydrogen-bond acceptors (Lipinski definition) is 5. The number of nitrogens with two attached hydrogens (primary N) is 1. The van der Waals surface area contributed by atoms with Crippen molar-refractivity contribution in [2.24, 2.45) is 0 Å². The summed E-state index contributed by atoms with van der Waals surface area (Å²) in [4.78, 5) is 13.1. The van der Waals surface area contributed by atoms with Gasteiger partial charge >= 0.3 is 0 Å². The molecule has 0 bridgehead atoms. The zero-order valence-electron chi connectivity index (χ0n) is 12.5. The van der Waals surface area contributed by atoms with E-state index in [0.29, 0.717) is 17.2 Å². The number of aryl methyl sites for hydroxylation is 1. The monoisotopic (exact) mass is 302 g/mol. The molecule has 0 amide bonds. The lowest BCUT2D eigenvalue weighted by molar-refractivity contribution is 1.09. The summed E-state index contributed by atoms with van der Waals surface area (Å²) >= 11 is 0. The first kappa shape index (κ1) is 13.4. The van der Waals surface area contributed by atoms with Crippen LogP contribution in [0.4, 0.5) is 5.82 Å². The normalized spacial score (nSPS) is 11.0. The molecule has 4 rings (SSSR count). The zero-order chi connectivity index (χ0) is 15.8. The van der Waals surface area contributed by atoms with Crippen LogP contribution < -0.4 is 5.73 Å². The molecule has 3 aromatic heterocycles. The number of aromatic nitrogens is 5. The van der Waals surface area contributed by atoms with Crippen molar-refractivity contribution in [3.63, 3.8) is 0 Å². The Labute approximate surface area is 132 Å². The van der Waals surface area contributed by atoms with Crippen molar-refractivity contribution in [1.29, 1.82) is 0 Å². The van der Waals surface area contributed by atoms with Crippen molar-refractivity contribution in [2.45, 2.75) is 6.92 Å². The third-order valence-electron chi connectivity index (χ3n) is 3.74. The molecule has 1 aromatic carbocycles. The average molecular weight is 302 g/mol. The summed E-state index contributed by atoms with van der Waals surface area (Å²) in [6.07, 6.45) is 3.15. The number of nitrogens with zero attached hydrogens (tertiary/aromatic N) is 4. The van der Waals surface area contributed by atoms with Crippen LogP contribution >= 0.6 is 0 Å². The lowest BCUT2D eigenvalue weighted by atomic mass is 10.1. The molecule has 0 saturated carbocycles. The Morgan fingerprint density at radius 3 is 2.78 bits per heavy atom. The molecular weight excluding hydrogens is 288 g/mol. The molecule has 0 atom stereocenters. The molecule has 23 heavy (non-hydrogen) atoms. The minimum Gasteiger partial charge on any atom is -0.382 e.